The van der Waals surface area contributed by atoms with Gasteiger partial charge in [0.15, 0.2) is 11.5 Å². The number of ether oxygens (including phenoxy) is 2. The van der Waals surface area contributed by atoms with Crippen LogP contribution in [-0.4, -0.2) is 47.4 Å². The smallest absolute Gasteiger partial charge is 0.254 e. The lowest BCUT2D eigenvalue weighted by molar-refractivity contribution is -0.133. The quantitative estimate of drug-likeness (QED) is 0.839. The topological polar surface area (TPSA) is 88.2 Å². The summed E-state index contributed by atoms with van der Waals surface area (Å²) >= 11 is 0. The minimum Gasteiger partial charge on any atom is -0.454 e. The predicted octanol–water partition coefficient (Wildman–Crippen LogP) is 2.13. The number of likely N-dealkylation sites (tertiary alicyclic amines) is 1. The molecule has 1 N–H and O–H groups in total. The van der Waals surface area contributed by atoms with Gasteiger partial charge in [-0.1, -0.05) is 12.1 Å². The van der Waals surface area contributed by atoms with Gasteiger partial charge in [0.2, 0.25) is 18.6 Å². The van der Waals surface area contributed by atoms with Crippen molar-refractivity contribution in [2.45, 2.75) is 32.0 Å². The van der Waals surface area contributed by atoms with Crippen LogP contribution in [0, 0.1) is 0 Å². The first kappa shape index (κ1) is 18.5. The van der Waals surface area contributed by atoms with Crippen LogP contribution in [0.5, 0.6) is 11.5 Å². The normalized spacial score (nSPS) is 19.4. The molecule has 3 aliphatic rings. The number of carbonyl (C=O) groups excluding carboxylic acids is 3. The van der Waals surface area contributed by atoms with Crippen molar-refractivity contribution >= 4 is 23.4 Å². The number of benzene rings is 2. The molecule has 3 amide bonds. The Morgan fingerprint density at radius 3 is 2.83 bits per heavy atom. The van der Waals surface area contributed by atoms with Crippen molar-refractivity contribution in [3.8, 4) is 11.5 Å². The third-order valence-electron chi connectivity index (χ3n) is 5.78. The second-order valence-corrected chi connectivity index (χ2v) is 7.79. The third kappa shape index (κ3) is 3.14. The molecule has 1 fully saturated rings. The summed E-state index contributed by atoms with van der Waals surface area (Å²) in [5, 5.41) is 2.88. The summed E-state index contributed by atoms with van der Waals surface area (Å²) in [6.07, 6.45) is 0.790. The highest BCUT2D eigenvalue weighted by atomic mass is 16.7. The highest BCUT2D eigenvalue weighted by Gasteiger charge is 2.36. The van der Waals surface area contributed by atoms with Crippen LogP contribution in [0.25, 0.3) is 0 Å². The van der Waals surface area contributed by atoms with Crippen LogP contribution < -0.4 is 14.8 Å². The van der Waals surface area contributed by atoms with Crippen LogP contribution in [0.4, 0.5) is 5.69 Å². The van der Waals surface area contributed by atoms with Gasteiger partial charge in [-0.25, -0.2) is 0 Å². The minimum atomic E-state index is -0.561. The standard InChI is InChI=1S/C22H21N3O5/c1-24-11-14-3-4-15(9-16(14)22(24)28)23-21(27)17-5-7-20(26)25(17)10-13-2-6-18-19(8-13)30-12-29-18/h2-4,6,8-9,17H,5,7,10-12H2,1H3,(H,23,27). The monoisotopic (exact) mass is 407 g/mol. The molecule has 3 aliphatic heterocycles. The Morgan fingerprint density at radius 1 is 1.13 bits per heavy atom. The van der Waals surface area contributed by atoms with Crippen molar-refractivity contribution in [1.29, 1.82) is 0 Å². The summed E-state index contributed by atoms with van der Waals surface area (Å²) in [7, 11) is 1.75. The average molecular weight is 407 g/mol. The van der Waals surface area contributed by atoms with Gasteiger partial charge < -0.3 is 24.6 Å². The molecular formula is C22H21N3O5. The molecule has 8 heteroatoms. The van der Waals surface area contributed by atoms with Crippen LogP contribution in [0.2, 0.25) is 0 Å². The summed E-state index contributed by atoms with van der Waals surface area (Å²) in [6, 6.07) is 10.3. The number of carbonyl (C=O) groups is 3. The van der Waals surface area contributed by atoms with E-state index >= 15 is 0 Å². The average Bonchev–Trinajstić information content (AvgIpc) is 3.41. The van der Waals surface area contributed by atoms with Crippen molar-refractivity contribution in [3.05, 3.63) is 53.1 Å². The minimum absolute atomic E-state index is 0.0541. The molecule has 0 aliphatic carbocycles. The molecule has 8 nitrogen and oxygen atoms in total. The van der Waals surface area contributed by atoms with Gasteiger partial charge in [-0.05, 0) is 41.8 Å². The van der Waals surface area contributed by atoms with Crippen molar-refractivity contribution in [2.24, 2.45) is 0 Å². The summed E-state index contributed by atoms with van der Waals surface area (Å²) in [6.45, 7) is 1.08. The van der Waals surface area contributed by atoms with Gasteiger partial charge in [-0.2, -0.15) is 0 Å². The maximum Gasteiger partial charge on any atom is 0.254 e. The Balaban J connectivity index is 1.31. The number of hydrogen-bond acceptors (Lipinski definition) is 5. The largest absolute Gasteiger partial charge is 0.454 e. The van der Waals surface area contributed by atoms with Crippen LogP contribution in [0.1, 0.15) is 34.3 Å². The number of rotatable bonds is 4. The van der Waals surface area contributed by atoms with Crippen LogP contribution in [-0.2, 0) is 22.7 Å². The lowest BCUT2D eigenvalue weighted by Crippen LogP contribution is -2.41. The second kappa shape index (κ2) is 7.05. The molecular weight excluding hydrogens is 386 g/mol. The number of nitrogens with one attached hydrogen (secondary N) is 1. The number of amides is 3. The molecule has 0 aromatic heterocycles. The Hall–Kier alpha value is -3.55. The lowest BCUT2D eigenvalue weighted by atomic mass is 10.1. The molecule has 30 heavy (non-hydrogen) atoms. The van der Waals surface area contributed by atoms with E-state index in [-0.39, 0.29) is 24.5 Å². The zero-order valence-corrected chi connectivity index (χ0v) is 16.5. The van der Waals surface area contributed by atoms with Crippen molar-refractivity contribution in [3.63, 3.8) is 0 Å². The molecule has 0 saturated carbocycles. The Morgan fingerprint density at radius 2 is 1.97 bits per heavy atom. The molecule has 1 saturated heterocycles. The Kier molecular flexibility index (Phi) is 4.34. The summed E-state index contributed by atoms with van der Waals surface area (Å²) in [5.74, 6) is 0.964. The third-order valence-corrected chi connectivity index (χ3v) is 5.78. The summed E-state index contributed by atoms with van der Waals surface area (Å²) in [5.41, 5.74) is 2.99. The number of nitrogens with zero attached hydrogens (tertiary/aromatic N) is 2. The summed E-state index contributed by atoms with van der Waals surface area (Å²) < 4.78 is 10.7. The Labute approximate surface area is 173 Å². The van der Waals surface area contributed by atoms with E-state index in [1.165, 1.54) is 0 Å². The maximum atomic E-state index is 12.9. The van der Waals surface area contributed by atoms with Crippen LogP contribution in [0.3, 0.4) is 0 Å². The molecule has 0 spiro atoms. The molecule has 0 bridgehead atoms. The molecule has 1 unspecified atom stereocenters. The fourth-order valence-corrected chi connectivity index (χ4v) is 4.19. The van der Waals surface area contributed by atoms with E-state index < -0.39 is 6.04 Å². The van der Waals surface area contributed by atoms with E-state index in [1.54, 1.807) is 29.0 Å². The molecule has 3 heterocycles. The maximum absolute atomic E-state index is 12.9. The van der Waals surface area contributed by atoms with Gasteiger partial charge in [-0.3, -0.25) is 14.4 Å². The molecule has 1 atom stereocenters. The van der Waals surface area contributed by atoms with Crippen LogP contribution in [0.15, 0.2) is 36.4 Å². The Bertz CT molecular complexity index is 1070. The first-order chi connectivity index (χ1) is 14.5. The van der Waals surface area contributed by atoms with Crippen molar-refractivity contribution in [1.82, 2.24) is 9.80 Å². The van der Waals surface area contributed by atoms with Gasteiger partial charge in [0.25, 0.3) is 5.91 Å². The van der Waals surface area contributed by atoms with Crippen molar-refractivity contribution in [2.75, 3.05) is 19.2 Å². The predicted molar refractivity (Wildman–Crippen MR) is 107 cm³/mol. The molecule has 154 valence electrons. The number of anilines is 1. The highest BCUT2D eigenvalue weighted by Crippen LogP contribution is 2.34. The van der Waals surface area contributed by atoms with Gasteiger partial charge in [-0.15, -0.1) is 0 Å². The van der Waals surface area contributed by atoms with E-state index in [9.17, 15) is 14.4 Å². The highest BCUT2D eigenvalue weighted by molar-refractivity contribution is 6.02. The van der Waals surface area contributed by atoms with E-state index in [0.29, 0.717) is 48.7 Å². The molecule has 2 aromatic carbocycles. The molecule has 5 rings (SSSR count). The lowest BCUT2D eigenvalue weighted by Gasteiger charge is -2.24. The summed E-state index contributed by atoms with van der Waals surface area (Å²) in [4.78, 5) is 40.8. The van der Waals surface area contributed by atoms with Gasteiger partial charge >= 0.3 is 0 Å². The number of fused-ring (bicyclic) bond motifs is 2. The van der Waals surface area contributed by atoms with Gasteiger partial charge in [0, 0.05) is 37.8 Å². The van der Waals surface area contributed by atoms with Gasteiger partial charge in [0.1, 0.15) is 6.04 Å². The van der Waals surface area contributed by atoms with E-state index in [4.69, 9.17) is 9.47 Å². The zero-order chi connectivity index (χ0) is 20.8. The second-order valence-electron chi connectivity index (χ2n) is 7.79. The van der Waals surface area contributed by atoms with Crippen LogP contribution >= 0.6 is 0 Å². The van der Waals surface area contributed by atoms with E-state index in [2.05, 4.69) is 5.32 Å². The van der Waals surface area contributed by atoms with Gasteiger partial charge in [0.05, 0.1) is 0 Å². The SMILES string of the molecule is CN1Cc2ccc(NC(=O)C3CCC(=O)N3Cc3ccc4c(c3)OCO4)cc2C1=O. The number of hydrogen-bond donors (Lipinski definition) is 1. The van der Waals surface area contributed by atoms with E-state index in [0.717, 1.165) is 11.1 Å². The molecule has 2 aromatic rings. The molecule has 0 radical (unpaired) electrons. The fourth-order valence-electron chi connectivity index (χ4n) is 4.19. The first-order valence-electron chi connectivity index (χ1n) is 9.87. The fraction of sp³-hybridized carbons (Fsp3) is 0.318. The first-order valence-corrected chi connectivity index (χ1v) is 9.87. The zero-order valence-electron chi connectivity index (χ0n) is 16.5. The van der Waals surface area contributed by atoms with Crippen molar-refractivity contribution < 1.29 is 23.9 Å². The van der Waals surface area contributed by atoms with E-state index in [1.807, 2.05) is 24.3 Å².